The van der Waals surface area contributed by atoms with Gasteiger partial charge in [0.2, 0.25) is 0 Å². The topological polar surface area (TPSA) is 83.5 Å². The van der Waals surface area contributed by atoms with Crippen LogP contribution < -0.4 is 4.72 Å². The summed E-state index contributed by atoms with van der Waals surface area (Å²) in [5.41, 5.74) is -0.923. The van der Waals surface area contributed by atoms with E-state index in [9.17, 15) is 13.2 Å². The Morgan fingerprint density at radius 2 is 2.06 bits per heavy atom. The molecule has 17 heavy (non-hydrogen) atoms. The quantitative estimate of drug-likeness (QED) is 0.888. The van der Waals surface area contributed by atoms with Crippen LogP contribution in [0.5, 0.6) is 0 Å². The lowest BCUT2D eigenvalue weighted by Crippen LogP contribution is -2.49. The van der Waals surface area contributed by atoms with Crippen molar-refractivity contribution in [2.75, 3.05) is 0 Å². The molecule has 1 aromatic rings. The fourth-order valence-corrected chi connectivity index (χ4v) is 4.07. The van der Waals surface area contributed by atoms with E-state index in [4.69, 9.17) is 16.7 Å². The summed E-state index contributed by atoms with van der Waals surface area (Å²) in [6.07, 6.45) is 0. The fourth-order valence-electron chi connectivity index (χ4n) is 0.994. The highest BCUT2D eigenvalue weighted by atomic mass is 35.5. The van der Waals surface area contributed by atoms with E-state index in [1.807, 2.05) is 0 Å². The molecule has 0 unspecified atom stereocenters. The minimum Gasteiger partial charge on any atom is -0.480 e. The predicted molar refractivity (Wildman–Crippen MR) is 66.1 cm³/mol. The Kier molecular flexibility index (Phi) is 3.87. The summed E-state index contributed by atoms with van der Waals surface area (Å²) in [5, 5.41) is 8.86. The largest absolute Gasteiger partial charge is 0.480 e. The molecule has 1 rings (SSSR count). The number of hydrogen-bond donors (Lipinski definition) is 2. The molecule has 1 aromatic heterocycles. The monoisotopic (exact) mass is 297 g/mol. The smallest absolute Gasteiger partial charge is 0.324 e. The molecule has 2 N–H and O–H groups in total. The second-order valence-corrected chi connectivity index (χ2v) is 7.62. The van der Waals surface area contributed by atoms with Gasteiger partial charge in [-0.1, -0.05) is 11.6 Å². The van der Waals surface area contributed by atoms with Gasteiger partial charge in [-0.25, -0.2) is 8.42 Å². The van der Waals surface area contributed by atoms with E-state index in [1.165, 1.54) is 19.9 Å². The summed E-state index contributed by atoms with van der Waals surface area (Å²) in [5.74, 6) is -1.25. The first-order valence-corrected chi connectivity index (χ1v) is 7.27. The third-order valence-electron chi connectivity index (χ3n) is 2.02. The molecule has 1 heterocycles. The van der Waals surface area contributed by atoms with E-state index in [2.05, 4.69) is 4.72 Å². The Morgan fingerprint density at radius 3 is 2.41 bits per heavy atom. The molecular formula is C9H12ClNO4S2. The Morgan fingerprint density at radius 1 is 1.53 bits per heavy atom. The second kappa shape index (κ2) is 4.56. The summed E-state index contributed by atoms with van der Waals surface area (Å²) in [6.45, 7) is 4.23. The number of thiophene rings is 1. The lowest BCUT2D eigenvalue weighted by atomic mass is 10.1. The summed E-state index contributed by atoms with van der Waals surface area (Å²) in [4.78, 5) is 10.9. The van der Waals surface area contributed by atoms with E-state index in [0.29, 0.717) is 9.90 Å². The van der Waals surface area contributed by atoms with Crippen molar-refractivity contribution in [2.45, 2.75) is 30.5 Å². The maximum atomic E-state index is 11.9. The number of sulfonamides is 1. The number of aliphatic carboxylic acids is 1. The SMILES string of the molecule is Cc1cc(S(=O)(=O)NC(C)(C)C(=O)O)sc1Cl. The molecule has 5 nitrogen and oxygen atoms in total. The molecule has 0 aliphatic rings. The number of halogens is 1. The Hall–Kier alpha value is -0.630. The molecule has 0 amide bonds. The highest BCUT2D eigenvalue weighted by Gasteiger charge is 2.33. The fraction of sp³-hybridized carbons (Fsp3) is 0.444. The molecule has 0 aromatic carbocycles. The third-order valence-corrected chi connectivity index (χ3v) is 5.71. The summed E-state index contributed by atoms with van der Waals surface area (Å²) < 4.78 is 26.3. The molecule has 0 saturated carbocycles. The van der Waals surface area contributed by atoms with Crippen molar-refractivity contribution in [3.63, 3.8) is 0 Å². The second-order valence-electron chi connectivity index (χ2n) is 4.06. The van der Waals surface area contributed by atoms with Crippen molar-refractivity contribution in [1.82, 2.24) is 4.72 Å². The number of rotatable bonds is 4. The highest BCUT2D eigenvalue weighted by molar-refractivity contribution is 7.91. The standard InChI is InChI=1S/C9H12ClNO4S2/c1-5-4-6(16-7(5)10)17(14,15)11-9(2,3)8(12)13/h4,11H,1-3H3,(H,12,13). The van der Waals surface area contributed by atoms with Gasteiger partial charge in [-0.15, -0.1) is 11.3 Å². The number of nitrogens with one attached hydrogen (secondary N) is 1. The average molecular weight is 298 g/mol. The number of carbonyl (C=O) groups is 1. The van der Waals surface area contributed by atoms with E-state index in [1.54, 1.807) is 6.92 Å². The van der Waals surface area contributed by atoms with Gasteiger partial charge in [0.15, 0.2) is 0 Å². The lowest BCUT2D eigenvalue weighted by molar-refractivity contribution is -0.142. The number of carboxylic acid groups (broad SMARTS) is 1. The average Bonchev–Trinajstić information content (AvgIpc) is 2.45. The molecule has 0 bridgehead atoms. The van der Waals surface area contributed by atoms with Crippen LogP contribution in [0.3, 0.4) is 0 Å². The maximum Gasteiger partial charge on any atom is 0.324 e. The van der Waals surface area contributed by atoms with Crippen molar-refractivity contribution in [3.8, 4) is 0 Å². The number of aryl methyl sites for hydroxylation is 1. The number of carboxylic acids is 1. The first-order chi connectivity index (χ1) is 7.56. The predicted octanol–water partition coefficient (Wildman–Crippen LogP) is 1.85. The minimum atomic E-state index is -3.86. The Balaban J connectivity index is 3.09. The summed E-state index contributed by atoms with van der Waals surface area (Å²) >= 11 is 6.67. The van der Waals surface area contributed by atoms with Gasteiger partial charge in [-0.3, -0.25) is 4.79 Å². The van der Waals surface area contributed by atoms with Crippen molar-refractivity contribution in [3.05, 3.63) is 16.0 Å². The van der Waals surface area contributed by atoms with Crippen LogP contribution in [0.1, 0.15) is 19.4 Å². The van der Waals surface area contributed by atoms with Crippen LogP contribution in [0.4, 0.5) is 0 Å². The number of hydrogen-bond acceptors (Lipinski definition) is 4. The molecule has 0 aliphatic heterocycles. The molecule has 8 heteroatoms. The maximum absolute atomic E-state index is 11.9. The van der Waals surface area contributed by atoms with E-state index >= 15 is 0 Å². The van der Waals surface area contributed by atoms with E-state index in [0.717, 1.165) is 11.3 Å². The Labute approximate surface area is 108 Å². The van der Waals surface area contributed by atoms with Gasteiger partial charge in [0.25, 0.3) is 10.0 Å². The van der Waals surface area contributed by atoms with Crippen LogP contribution in [0.15, 0.2) is 10.3 Å². The van der Waals surface area contributed by atoms with E-state index < -0.39 is 21.5 Å². The molecule has 0 saturated heterocycles. The van der Waals surface area contributed by atoms with Crippen molar-refractivity contribution in [2.24, 2.45) is 0 Å². The van der Waals surface area contributed by atoms with Gasteiger partial charge in [0.1, 0.15) is 9.75 Å². The molecule has 96 valence electrons. The zero-order valence-corrected chi connectivity index (χ0v) is 11.8. The molecule has 0 atom stereocenters. The lowest BCUT2D eigenvalue weighted by Gasteiger charge is -2.19. The van der Waals surface area contributed by atoms with Gasteiger partial charge in [-0.05, 0) is 32.4 Å². The molecule has 0 spiro atoms. The van der Waals surface area contributed by atoms with Crippen molar-refractivity contribution < 1.29 is 18.3 Å². The van der Waals surface area contributed by atoms with Gasteiger partial charge < -0.3 is 5.11 Å². The van der Waals surface area contributed by atoms with Crippen molar-refractivity contribution >= 4 is 38.9 Å². The molecule has 0 fully saturated rings. The van der Waals surface area contributed by atoms with Gasteiger partial charge in [0, 0.05) is 0 Å². The van der Waals surface area contributed by atoms with Crippen LogP contribution in [0, 0.1) is 6.92 Å². The summed E-state index contributed by atoms with van der Waals surface area (Å²) in [7, 11) is -3.86. The van der Waals surface area contributed by atoms with E-state index in [-0.39, 0.29) is 4.21 Å². The normalized spacial score (nSPS) is 12.7. The third kappa shape index (κ3) is 3.19. The first-order valence-electron chi connectivity index (χ1n) is 4.59. The van der Waals surface area contributed by atoms with Crippen molar-refractivity contribution in [1.29, 1.82) is 0 Å². The van der Waals surface area contributed by atoms with Gasteiger partial charge in [-0.2, -0.15) is 4.72 Å². The first kappa shape index (κ1) is 14.4. The van der Waals surface area contributed by atoms with Crippen LogP contribution in [0.25, 0.3) is 0 Å². The zero-order chi connectivity index (χ0) is 13.4. The minimum absolute atomic E-state index is 0.00863. The van der Waals surface area contributed by atoms with Crippen LogP contribution in [-0.2, 0) is 14.8 Å². The zero-order valence-electron chi connectivity index (χ0n) is 9.44. The van der Waals surface area contributed by atoms with Crippen LogP contribution >= 0.6 is 22.9 Å². The van der Waals surface area contributed by atoms with Crippen LogP contribution in [-0.4, -0.2) is 25.0 Å². The van der Waals surface area contributed by atoms with Gasteiger partial charge in [0.05, 0.1) is 4.34 Å². The molecular weight excluding hydrogens is 286 g/mol. The Bertz CT molecular complexity index is 528. The van der Waals surface area contributed by atoms with Gasteiger partial charge >= 0.3 is 5.97 Å². The molecule has 0 aliphatic carbocycles. The molecule has 0 radical (unpaired) electrons. The van der Waals surface area contributed by atoms with Crippen LogP contribution in [0.2, 0.25) is 4.34 Å². The summed E-state index contributed by atoms with van der Waals surface area (Å²) in [6, 6.07) is 1.41. The highest BCUT2D eigenvalue weighted by Crippen LogP contribution is 2.30.